The van der Waals surface area contributed by atoms with Gasteiger partial charge in [0.15, 0.2) is 0 Å². The third-order valence-electron chi connectivity index (χ3n) is 4.23. The first kappa shape index (κ1) is 16.0. The summed E-state index contributed by atoms with van der Waals surface area (Å²) in [5, 5.41) is 2.83. The molecule has 0 aliphatic carbocycles. The quantitative estimate of drug-likeness (QED) is 0.881. The highest BCUT2D eigenvalue weighted by molar-refractivity contribution is 6.02. The number of fused-ring (bicyclic) bond motifs is 1. The Morgan fingerprint density at radius 2 is 2.00 bits per heavy atom. The topological polar surface area (TPSA) is 49.4 Å². The number of nitrogens with one attached hydrogen (secondary N) is 1. The molecule has 2 amide bonds. The molecule has 0 fully saturated rings. The fraction of sp³-hybridized carbons (Fsp3) is 0.200. The number of aryl methyl sites for hydroxylation is 1. The van der Waals surface area contributed by atoms with Gasteiger partial charge in [0.25, 0.3) is 11.8 Å². The van der Waals surface area contributed by atoms with Crippen LogP contribution >= 0.6 is 0 Å². The zero-order chi connectivity index (χ0) is 17.1. The van der Waals surface area contributed by atoms with Crippen LogP contribution in [0.1, 0.15) is 27.0 Å². The van der Waals surface area contributed by atoms with Crippen molar-refractivity contribution in [1.82, 2.24) is 5.32 Å². The molecular formula is C20H20N2O2. The molecule has 1 aliphatic heterocycles. The second kappa shape index (κ2) is 6.71. The Labute approximate surface area is 141 Å². The second-order valence-corrected chi connectivity index (χ2v) is 5.96. The molecule has 1 heterocycles. The molecule has 0 aromatic heterocycles. The van der Waals surface area contributed by atoms with Crippen molar-refractivity contribution in [2.45, 2.75) is 19.9 Å². The van der Waals surface area contributed by atoms with E-state index in [9.17, 15) is 9.59 Å². The molecule has 1 N–H and O–H groups in total. The van der Waals surface area contributed by atoms with Crippen molar-refractivity contribution < 1.29 is 9.59 Å². The van der Waals surface area contributed by atoms with Crippen LogP contribution in [0.2, 0.25) is 0 Å². The highest BCUT2D eigenvalue weighted by Crippen LogP contribution is 2.24. The van der Waals surface area contributed by atoms with Gasteiger partial charge in [-0.2, -0.15) is 0 Å². The predicted octanol–water partition coefficient (Wildman–Crippen LogP) is 3.00. The summed E-state index contributed by atoms with van der Waals surface area (Å²) in [6.45, 7) is 6.74. The molecular weight excluding hydrogens is 300 g/mol. The summed E-state index contributed by atoms with van der Waals surface area (Å²) in [5.41, 5.74) is 4.67. The van der Waals surface area contributed by atoms with Crippen LogP contribution in [0, 0.1) is 6.92 Å². The van der Waals surface area contributed by atoms with E-state index in [4.69, 9.17) is 0 Å². The lowest BCUT2D eigenvalue weighted by Gasteiger charge is -2.24. The Balaban J connectivity index is 1.94. The summed E-state index contributed by atoms with van der Waals surface area (Å²) < 4.78 is 0. The lowest BCUT2D eigenvalue weighted by atomic mass is 9.99. The maximum atomic E-state index is 12.3. The maximum absolute atomic E-state index is 12.3. The lowest BCUT2D eigenvalue weighted by Crippen LogP contribution is -2.33. The molecule has 4 nitrogen and oxygen atoms in total. The molecule has 3 rings (SSSR count). The third-order valence-corrected chi connectivity index (χ3v) is 4.23. The minimum absolute atomic E-state index is 0.0528. The number of rotatable bonds is 4. The van der Waals surface area contributed by atoms with Gasteiger partial charge < -0.3 is 10.2 Å². The van der Waals surface area contributed by atoms with E-state index in [2.05, 4.69) is 11.9 Å². The van der Waals surface area contributed by atoms with Gasteiger partial charge in [0, 0.05) is 17.8 Å². The van der Waals surface area contributed by atoms with Crippen LogP contribution in [0.15, 0.2) is 55.1 Å². The van der Waals surface area contributed by atoms with Crippen LogP contribution in [-0.2, 0) is 17.8 Å². The first-order valence-corrected chi connectivity index (χ1v) is 7.99. The highest BCUT2D eigenvalue weighted by atomic mass is 16.2. The zero-order valence-corrected chi connectivity index (χ0v) is 13.7. The zero-order valence-electron chi connectivity index (χ0n) is 13.7. The van der Waals surface area contributed by atoms with E-state index in [0.29, 0.717) is 18.7 Å². The Kier molecular flexibility index (Phi) is 4.47. The largest absolute Gasteiger partial charge is 0.352 e. The van der Waals surface area contributed by atoms with E-state index in [1.807, 2.05) is 43.3 Å². The summed E-state index contributed by atoms with van der Waals surface area (Å²) in [7, 11) is 0. The molecule has 0 saturated heterocycles. The number of carbonyl (C=O) groups is 2. The van der Waals surface area contributed by atoms with Crippen LogP contribution in [0.5, 0.6) is 0 Å². The van der Waals surface area contributed by atoms with Crippen LogP contribution in [0.25, 0.3) is 0 Å². The van der Waals surface area contributed by atoms with Crippen LogP contribution in [0.3, 0.4) is 0 Å². The standard InChI is InChI=1S/C20H20N2O2/c1-3-19(23)22(13-15-6-4-14(2)5-7-15)17-8-9-18-16(12-17)10-11-21-20(18)24/h3-9,12H,1,10-11,13H2,2H3,(H,21,24). The Hall–Kier alpha value is -2.88. The van der Waals surface area contributed by atoms with Crippen molar-refractivity contribution in [2.75, 3.05) is 11.4 Å². The highest BCUT2D eigenvalue weighted by Gasteiger charge is 2.20. The van der Waals surface area contributed by atoms with E-state index in [-0.39, 0.29) is 11.8 Å². The molecule has 1 aliphatic rings. The van der Waals surface area contributed by atoms with Crippen molar-refractivity contribution >= 4 is 17.5 Å². The molecule has 2 aromatic rings. The lowest BCUT2D eigenvalue weighted by molar-refractivity contribution is -0.114. The van der Waals surface area contributed by atoms with Gasteiger partial charge in [-0.1, -0.05) is 36.4 Å². The van der Waals surface area contributed by atoms with Gasteiger partial charge in [-0.25, -0.2) is 0 Å². The Morgan fingerprint density at radius 3 is 2.71 bits per heavy atom. The van der Waals surface area contributed by atoms with Crippen molar-refractivity contribution in [1.29, 1.82) is 0 Å². The summed E-state index contributed by atoms with van der Waals surface area (Å²) in [6.07, 6.45) is 2.09. The predicted molar refractivity (Wildman–Crippen MR) is 95.0 cm³/mol. The van der Waals surface area contributed by atoms with E-state index in [0.717, 1.165) is 23.2 Å². The number of nitrogens with zero attached hydrogens (tertiary/aromatic N) is 1. The third kappa shape index (κ3) is 3.23. The summed E-state index contributed by atoms with van der Waals surface area (Å²) in [6, 6.07) is 13.6. The minimum atomic E-state index is -0.157. The van der Waals surface area contributed by atoms with Gasteiger partial charge in [-0.15, -0.1) is 0 Å². The van der Waals surface area contributed by atoms with Crippen LogP contribution in [-0.4, -0.2) is 18.4 Å². The number of anilines is 1. The van der Waals surface area contributed by atoms with E-state index in [1.165, 1.54) is 11.6 Å². The van der Waals surface area contributed by atoms with Gasteiger partial charge in [0.2, 0.25) is 0 Å². The summed E-state index contributed by atoms with van der Waals surface area (Å²) in [5.74, 6) is -0.210. The molecule has 24 heavy (non-hydrogen) atoms. The number of amides is 2. The van der Waals surface area contributed by atoms with Crippen molar-refractivity contribution in [3.63, 3.8) is 0 Å². The van der Waals surface area contributed by atoms with Crippen molar-refractivity contribution in [3.05, 3.63) is 77.4 Å². The number of benzene rings is 2. The average Bonchev–Trinajstić information content (AvgIpc) is 2.60. The van der Waals surface area contributed by atoms with Crippen LogP contribution in [0.4, 0.5) is 5.69 Å². The Bertz CT molecular complexity index is 794. The summed E-state index contributed by atoms with van der Waals surface area (Å²) >= 11 is 0. The summed E-state index contributed by atoms with van der Waals surface area (Å²) in [4.78, 5) is 25.9. The van der Waals surface area contributed by atoms with E-state index in [1.54, 1.807) is 11.0 Å². The monoisotopic (exact) mass is 320 g/mol. The number of hydrogen-bond donors (Lipinski definition) is 1. The molecule has 2 aromatic carbocycles. The van der Waals surface area contributed by atoms with Crippen molar-refractivity contribution in [2.24, 2.45) is 0 Å². The molecule has 4 heteroatoms. The van der Waals surface area contributed by atoms with Gasteiger partial charge in [-0.3, -0.25) is 9.59 Å². The van der Waals surface area contributed by atoms with E-state index < -0.39 is 0 Å². The second-order valence-electron chi connectivity index (χ2n) is 5.96. The molecule has 0 atom stereocenters. The molecule has 122 valence electrons. The molecule has 0 spiro atoms. The Morgan fingerprint density at radius 1 is 1.25 bits per heavy atom. The molecule has 0 saturated carbocycles. The normalized spacial score (nSPS) is 13.0. The van der Waals surface area contributed by atoms with Crippen LogP contribution < -0.4 is 10.2 Å². The van der Waals surface area contributed by atoms with Gasteiger partial charge in [-0.05, 0) is 48.7 Å². The fourth-order valence-corrected chi connectivity index (χ4v) is 2.86. The molecule has 0 bridgehead atoms. The maximum Gasteiger partial charge on any atom is 0.251 e. The smallest absolute Gasteiger partial charge is 0.251 e. The van der Waals surface area contributed by atoms with Gasteiger partial charge in [0.05, 0.1) is 6.54 Å². The van der Waals surface area contributed by atoms with Gasteiger partial charge >= 0.3 is 0 Å². The molecule has 0 radical (unpaired) electrons. The first-order valence-electron chi connectivity index (χ1n) is 7.99. The van der Waals surface area contributed by atoms with Gasteiger partial charge in [0.1, 0.15) is 0 Å². The first-order chi connectivity index (χ1) is 11.6. The minimum Gasteiger partial charge on any atom is -0.352 e. The van der Waals surface area contributed by atoms with E-state index >= 15 is 0 Å². The van der Waals surface area contributed by atoms with Crippen molar-refractivity contribution in [3.8, 4) is 0 Å². The SMILES string of the molecule is C=CC(=O)N(Cc1ccc(C)cc1)c1ccc2c(c1)CCNC2=O. The number of hydrogen-bond acceptors (Lipinski definition) is 2. The fourth-order valence-electron chi connectivity index (χ4n) is 2.86. The molecule has 0 unspecified atom stereocenters. The number of carbonyl (C=O) groups excluding carboxylic acids is 2. The average molecular weight is 320 g/mol.